The predicted octanol–water partition coefficient (Wildman–Crippen LogP) is 2.29. The van der Waals surface area contributed by atoms with Crippen LogP contribution in [0.4, 0.5) is 0 Å². The van der Waals surface area contributed by atoms with Gasteiger partial charge in [-0.05, 0) is 25.4 Å². The van der Waals surface area contributed by atoms with Gasteiger partial charge in [-0.15, -0.1) is 0 Å². The first-order valence-electron chi connectivity index (χ1n) is 6.40. The van der Waals surface area contributed by atoms with Crippen LogP contribution < -0.4 is 5.32 Å². The average Bonchev–Trinajstić information content (AvgIpc) is 2.61. The summed E-state index contributed by atoms with van der Waals surface area (Å²) in [5.74, 6) is 0.706. The van der Waals surface area contributed by atoms with Gasteiger partial charge in [-0.1, -0.05) is 39.5 Å². The Morgan fingerprint density at radius 1 is 1.47 bits per heavy atom. The molecule has 0 spiro atoms. The van der Waals surface area contributed by atoms with Crippen LogP contribution in [-0.4, -0.2) is 49.0 Å². The summed E-state index contributed by atoms with van der Waals surface area (Å²) in [6, 6.07) is 0. The Balaban J connectivity index is 2.32. The van der Waals surface area contributed by atoms with Crippen LogP contribution >= 0.6 is 11.8 Å². The number of nitrogens with zero attached hydrogens (tertiary/aromatic N) is 2. The van der Waals surface area contributed by atoms with Crippen LogP contribution in [0.5, 0.6) is 0 Å². The van der Waals surface area contributed by atoms with Crippen molar-refractivity contribution in [1.82, 2.24) is 10.2 Å². The molecule has 1 rings (SSSR count). The van der Waals surface area contributed by atoms with Gasteiger partial charge in [-0.3, -0.25) is 4.99 Å². The molecule has 1 unspecified atom stereocenters. The smallest absolute Gasteiger partial charge is 0.156 e. The fraction of sp³-hybridized carbons (Fsp3) is 0.923. The normalized spacial score (nSPS) is 21.2. The van der Waals surface area contributed by atoms with Crippen molar-refractivity contribution in [2.24, 2.45) is 16.3 Å². The van der Waals surface area contributed by atoms with Crippen molar-refractivity contribution >= 4 is 16.9 Å². The fourth-order valence-corrected chi connectivity index (χ4v) is 3.07. The lowest BCUT2D eigenvalue weighted by Crippen LogP contribution is -2.39. The molecule has 0 saturated carbocycles. The highest BCUT2D eigenvalue weighted by Crippen LogP contribution is 2.26. The first-order valence-corrected chi connectivity index (χ1v) is 7.28. The molecule has 0 radical (unpaired) electrons. The van der Waals surface area contributed by atoms with Gasteiger partial charge in [0.25, 0.3) is 0 Å². The molecule has 1 aliphatic rings. The molecule has 100 valence electrons. The zero-order chi connectivity index (χ0) is 13.1. The first-order chi connectivity index (χ1) is 7.80. The van der Waals surface area contributed by atoms with Crippen molar-refractivity contribution in [1.29, 1.82) is 0 Å². The topological polar surface area (TPSA) is 27.6 Å². The number of rotatable bonds is 5. The second-order valence-electron chi connectivity index (χ2n) is 6.30. The van der Waals surface area contributed by atoms with Crippen LogP contribution in [0.2, 0.25) is 0 Å². The zero-order valence-corrected chi connectivity index (χ0v) is 12.9. The predicted molar refractivity (Wildman–Crippen MR) is 78.9 cm³/mol. The van der Waals surface area contributed by atoms with Gasteiger partial charge >= 0.3 is 0 Å². The lowest BCUT2D eigenvalue weighted by atomic mass is 9.93. The molecular weight excluding hydrogens is 230 g/mol. The number of hydrogen-bond acceptors (Lipinski definition) is 4. The van der Waals surface area contributed by atoms with Gasteiger partial charge < -0.3 is 10.2 Å². The van der Waals surface area contributed by atoms with Gasteiger partial charge in [0, 0.05) is 18.3 Å². The average molecular weight is 257 g/mol. The summed E-state index contributed by atoms with van der Waals surface area (Å²) in [4.78, 5) is 6.81. The maximum Gasteiger partial charge on any atom is 0.156 e. The van der Waals surface area contributed by atoms with Crippen molar-refractivity contribution in [2.45, 2.75) is 32.9 Å². The van der Waals surface area contributed by atoms with E-state index < -0.39 is 0 Å². The third-order valence-electron chi connectivity index (χ3n) is 2.88. The molecule has 1 heterocycles. The standard InChI is InChI=1S/C13H27N3S/c1-10(2)11-7-14-12(17-11)15-8-13(3,4)9-16(5)6/h10-11H,7-9H2,1-6H3,(H,14,15). The molecule has 0 aromatic heterocycles. The van der Waals surface area contributed by atoms with Crippen LogP contribution in [0.15, 0.2) is 4.99 Å². The second-order valence-corrected chi connectivity index (χ2v) is 7.53. The summed E-state index contributed by atoms with van der Waals surface area (Å²) in [5, 5.41) is 5.29. The second kappa shape index (κ2) is 6.10. The largest absolute Gasteiger partial charge is 0.364 e. The zero-order valence-electron chi connectivity index (χ0n) is 12.1. The molecule has 0 aromatic rings. The van der Waals surface area contributed by atoms with Crippen molar-refractivity contribution < 1.29 is 0 Å². The summed E-state index contributed by atoms with van der Waals surface area (Å²) in [6.45, 7) is 12.2. The van der Waals surface area contributed by atoms with E-state index in [0.717, 1.165) is 24.8 Å². The molecular formula is C13H27N3S. The van der Waals surface area contributed by atoms with Gasteiger partial charge in [0.2, 0.25) is 0 Å². The van der Waals surface area contributed by atoms with Gasteiger partial charge in [0.15, 0.2) is 5.17 Å². The van der Waals surface area contributed by atoms with Crippen LogP contribution in [0.3, 0.4) is 0 Å². The van der Waals surface area contributed by atoms with Crippen molar-refractivity contribution in [3.8, 4) is 0 Å². The summed E-state index contributed by atoms with van der Waals surface area (Å²) in [6.07, 6.45) is 0. The van der Waals surface area contributed by atoms with Crippen LogP contribution in [-0.2, 0) is 0 Å². The van der Waals surface area contributed by atoms with E-state index in [1.807, 2.05) is 11.8 Å². The molecule has 0 fully saturated rings. The van der Waals surface area contributed by atoms with E-state index in [1.165, 1.54) is 0 Å². The Morgan fingerprint density at radius 3 is 2.59 bits per heavy atom. The summed E-state index contributed by atoms with van der Waals surface area (Å²) >= 11 is 1.90. The highest BCUT2D eigenvalue weighted by Gasteiger charge is 2.24. The van der Waals surface area contributed by atoms with E-state index in [9.17, 15) is 0 Å². The number of aliphatic imine (C=N–C) groups is 1. The Bertz CT molecular complexity index is 272. The summed E-state index contributed by atoms with van der Waals surface area (Å²) in [5.41, 5.74) is 0.280. The first kappa shape index (κ1) is 14.8. The van der Waals surface area contributed by atoms with Crippen molar-refractivity contribution in [3.05, 3.63) is 0 Å². The summed E-state index contributed by atoms with van der Waals surface area (Å²) < 4.78 is 0. The van der Waals surface area contributed by atoms with Crippen molar-refractivity contribution in [3.63, 3.8) is 0 Å². The minimum absolute atomic E-state index is 0.280. The van der Waals surface area contributed by atoms with Gasteiger partial charge in [-0.25, -0.2) is 0 Å². The quantitative estimate of drug-likeness (QED) is 0.819. The Hall–Kier alpha value is -0.220. The van der Waals surface area contributed by atoms with Crippen molar-refractivity contribution in [2.75, 3.05) is 33.7 Å². The van der Waals surface area contributed by atoms with E-state index in [4.69, 9.17) is 0 Å². The van der Waals surface area contributed by atoms with Gasteiger partial charge in [0.1, 0.15) is 0 Å². The van der Waals surface area contributed by atoms with E-state index in [-0.39, 0.29) is 5.41 Å². The van der Waals surface area contributed by atoms with E-state index >= 15 is 0 Å². The third-order valence-corrected chi connectivity index (χ3v) is 4.38. The van der Waals surface area contributed by atoms with E-state index in [0.29, 0.717) is 11.2 Å². The number of thioether (sulfide) groups is 1. The Kier molecular flexibility index (Phi) is 5.32. The molecule has 0 aliphatic carbocycles. The molecule has 0 saturated heterocycles. The highest BCUT2D eigenvalue weighted by molar-refractivity contribution is 8.14. The fourth-order valence-electron chi connectivity index (χ4n) is 2.06. The Labute approximate surface area is 110 Å². The van der Waals surface area contributed by atoms with Gasteiger partial charge in [0.05, 0.1) is 6.54 Å². The SMILES string of the molecule is CC(C)C1CN=C(NCC(C)(C)CN(C)C)S1. The van der Waals surface area contributed by atoms with Crippen LogP contribution in [0.1, 0.15) is 27.7 Å². The monoisotopic (exact) mass is 257 g/mol. The molecule has 1 aliphatic heterocycles. The van der Waals surface area contributed by atoms with Crippen LogP contribution in [0.25, 0.3) is 0 Å². The van der Waals surface area contributed by atoms with E-state index in [1.54, 1.807) is 0 Å². The molecule has 0 aromatic carbocycles. The van der Waals surface area contributed by atoms with E-state index in [2.05, 4.69) is 57.0 Å². The maximum atomic E-state index is 4.58. The minimum Gasteiger partial charge on any atom is -0.364 e. The molecule has 0 amide bonds. The number of hydrogen-bond donors (Lipinski definition) is 1. The molecule has 3 nitrogen and oxygen atoms in total. The summed E-state index contributed by atoms with van der Waals surface area (Å²) in [7, 11) is 4.25. The number of nitrogens with one attached hydrogen (secondary N) is 1. The molecule has 1 atom stereocenters. The van der Waals surface area contributed by atoms with Gasteiger partial charge in [-0.2, -0.15) is 0 Å². The van der Waals surface area contributed by atoms with Crippen LogP contribution in [0, 0.1) is 11.3 Å². The minimum atomic E-state index is 0.280. The Morgan fingerprint density at radius 2 is 2.12 bits per heavy atom. The molecule has 4 heteroatoms. The maximum absolute atomic E-state index is 4.58. The lowest BCUT2D eigenvalue weighted by Gasteiger charge is -2.28. The molecule has 1 N–H and O–H groups in total. The molecule has 0 bridgehead atoms. The highest BCUT2D eigenvalue weighted by atomic mass is 32.2. The molecule has 17 heavy (non-hydrogen) atoms. The third kappa shape index (κ3) is 5.30. The number of amidine groups is 1. The lowest BCUT2D eigenvalue weighted by molar-refractivity contribution is 0.242.